The minimum Gasteiger partial charge on any atom is -0.456 e. The molecule has 0 amide bonds. The van der Waals surface area contributed by atoms with E-state index < -0.39 is 0 Å². The summed E-state index contributed by atoms with van der Waals surface area (Å²) >= 11 is 0. The van der Waals surface area contributed by atoms with Crippen LogP contribution in [0, 0.1) is 0 Å². The second kappa shape index (κ2) is 9.88. The van der Waals surface area contributed by atoms with Crippen molar-refractivity contribution >= 4 is 56.2 Å². The van der Waals surface area contributed by atoms with Crippen molar-refractivity contribution in [1.82, 2.24) is 9.97 Å². The number of benzene rings is 5. The monoisotopic (exact) mass is 592 g/mol. The molecule has 0 aliphatic heterocycles. The summed E-state index contributed by atoms with van der Waals surface area (Å²) in [6.45, 7) is 0. The first-order valence-corrected chi connectivity index (χ1v) is 16.0. The Hall–Kier alpha value is -5.74. The van der Waals surface area contributed by atoms with E-state index in [-0.39, 0.29) is 0 Å². The first kappa shape index (κ1) is 25.6. The van der Waals surface area contributed by atoms with Crippen molar-refractivity contribution in [2.24, 2.45) is 0 Å². The number of fused-ring (bicyclic) bond motifs is 8. The molecule has 0 radical (unpaired) electrons. The van der Waals surface area contributed by atoms with E-state index in [2.05, 4.69) is 91.0 Å². The maximum atomic E-state index is 6.51. The van der Waals surface area contributed by atoms with E-state index in [4.69, 9.17) is 18.8 Å². The molecule has 0 bridgehead atoms. The Morgan fingerprint density at radius 3 is 2.00 bits per heavy atom. The van der Waals surface area contributed by atoms with Gasteiger partial charge in [-0.25, -0.2) is 9.97 Å². The molecule has 0 unspecified atom stereocenters. The Labute approximate surface area is 265 Å². The van der Waals surface area contributed by atoms with Gasteiger partial charge in [-0.1, -0.05) is 78.9 Å². The second-order valence-corrected chi connectivity index (χ2v) is 12.4. The van der Waals surface area contributed by atoms with Crippen LogP contribution in [0.4, 0.5) is 0 Å². The number of aryl methyl sites for hydroxylation is 2. The third-order valence-corrected chi connectivity index (χ3v) is 9.59. The van der Waals surface area contributed by atoms with Gasteiger partial charge in [0.05, 0.1) is 0 Å². The van der Waals surface area contributed by atoms with Crippen molar-refractivity contribution in [1.29, 1.82) is 0 Å². The van der Waals surface area contributed by atoms with E-state index in [1.165, 1.54) is 22.3 Å². The molecule has 218 valence electrons. The zero-order valence-corrected chi connectivity index (χ0v) is 25.1. The maximum Gasteiger partial charge on any atom is 0.180 e. The molecule has 4 nitrogen and oxygen atoms in total. The first-order chi connectivity index (χ1) is 22.8. The highest BCUT2D eigenvalue weighted by Gasteiger charge is 2.22. The number of hydrogen-bond donors (Lipinski definition) is 0. The zero-order valence-electron chi connectivity index (χ0n) is 25.1. The van der Waals surface area contributed by atoms with Crippen LogP contribution in [0.25, 0.3) is 89.9 Å². The van der Waals surface area contributed by atoms with Crippen LogP contribution in [-0.2, 0) is 12.8 Å². The smallest absolute Gasteiger partial charge is 0.180 e. The lowest BCUT2D eigenvalue weighted by atomic mass is 9.91. The number of para-hydroxylation sites is 2. The Bertz CT molecular complexity index is 2600. The van der Waals surface area contributed by atoms with Gasteiger partial charge in [-0.05, 0) is 102 Å². The number of hydrogen-bond acceptors (Lipinski definition) is 4. The Kier molecular flexibility index (Phi) is 5.49. The van der Waals surface area contributed by atoms with Gasteiger partial charge in [0.2, 0.25) is 0 Å². The first-order valence-electron chi connectivity index (χ1n) is 16.0. The predicted molar refractivity (Wildman–Crippen MR) is 188 cm³/mol. The molecule has 3 heterocycles. The average molecular weight is 593 g/mol. The lowest BCUT2D eigenvalue weighted by molar-refractivity contribution is 0.667. The molecule has 2 aliphatic rings. The lowest BCUT2D eigenvalue weighted by Gasteiger charge is -2.14. The molecular formula is C42H28N2O2. The van der Waals surface area contributed by atoms with Crippen LogP contribution >= 0.6 is 0 Å². The Morgan fingerprint density at radius 2 is 1.22 bits per heavy atom. The van der Waals surface area contributed by atoms with Crippen molar-refractivity contribution in [3.8, 4) is 33.8 Å². The summed E-state index contributed by atoms with van der Waals surface area (Å²) in [5, 5.41) is 3.19. The van der Waals surface area contributed by atoms with Crippen LogP contribution in [0.1, 0.15) is 35.1 Å². The standard InChI is InChI=1S/C42H28N2O2/c1-3-11-27-21-29(19-17-25(27)9-1)34-23-31(24-37-38(34)32-13-5-7-15-35(32)45-37)42-43-39(30-20-18-26-10-2-4-12-28(26)22-30)41-40(44-42)33-14-6-8-16-36(33)46-41/h3-8,11-24H,1-2,9-10H2. The van der Waals surface area contributed by atoms with Crippen LogP contribution in [0.5, 0.6) is 0 Å². The molecule has 0 saturated carbocycles. The molecule has 2 aliphatic carbocycles. The van der Waals surface area contributed by atoms with Gasteiger partial charge in [-0.15, -0.1) is 0 Å². The highest BCUT2D eigenvalue weighted by molar-refractivity contribution is 6.14. The van der Waals surface area contributed by atoms with E-state index in [0.717, 1.165) is 92.1 Å². The zero-order chi connectivity index (χ0) is 30.2. The Balaban J connectivity index is 1.26. The van der Waals surface area contributed by atoms with Crippen molar-refractivity contribution < 1.29 is 8.83 Å². The highest BCUT2D eigenvalue weighted by atomic mass is 16.3. The van der Waals surface area contributed by atoms with Crippen molar-refractivity contribution in [3.05, 3.63) is 131 Å². The second-order valence-electron chi connectivity index (χ2n) is 12.4. The molecule has 5 aromatic carbocycles. The summed E-state index contributed by atoms with van der Waals surface area (Å²) in [7, 11) is 0. The molecule has 10 rings (SSSR count). The summed E-state index contributed by atoms with van der Waals surface area (Å²) in [5.41, 5.74) is 14.3. The summed E-state index contributed by atoms with van der Waals surface area (Å²) in [5.74, 6) is 0.642. The normalized spacial score (nSPS) is 14.0. The molecule has 0 spiro atoms. The van der Waals surface area contributed by atoms with Crippen molar-refractivity contribution in [2.45, 2.75) is 25.7 Å². The van der Waals surface area contributed by atoms with E-state index >= 15 is 0 Å². The number of aromatic nitrogens is 2. The van der Waals surface area contributed by atoms with Crippen LogP contribution < -0.4 is 0 Å². The molecular weight excluding hydrogens is 564 g/mol. The van der Waals surface area contributed by atoms with Gasteiger partial charge in [-0.3, -0.25) is 0 Å². The number of allylic oxidation sites excluding steroid dienone is 2. The van der Waals surface area contributed by atoms with Gasteiger partial charge < -0.3 is 8.83 Å². The summed E-state index contributed by atoms with van der Waals surface area (Å²) in [4.78, 5) is 10.5. The van der Waals surface area contributed by atoms with Gasteiger partial charge in [0.1, 0.15) is 28.0 Å². The highest BCUT2D eigenvalue weighted by Crippen LogP contribution is 2.42. The molecule has 0 saturated heterocycles. The molecule has 0 fully saturated rings. The fraction of sp³-hybridized carbons (Fsp3) is 0.0952. The number of rotatable bonds is 3. The fourth-order valence-electron chi connectivity index (χ4n) is 7.30. The van der Waals surface area contributed by atoms with E-state index in [1.807, 2.05) is 30.3 Å². The molecule has 4 heteroatoms. The minimum absolute atomic E-state index is 0.642. The van der Waals surface area contributed by atoms with Gasteiger partial charge in [0.15, 0.2) is 11.4 Å². The molecule has 0 N–H and O–H groups in total. The molecule has 0 atom stereocenters. The van der Waals surface area contributed by atoms with Crippen LogP contribution in [-0.4, -0.2) is 9.97 Å². The molecule has 46 heavy (non-hydrogen) atoms. The predicted octanol–water partition coefficient (Wildman–Crippen LogP) is 11.2. The van der Waals surface area contributed by atoms with E-state index in [1.54, 1.807) is 0 Å². The quantitative estimate of drug-likeness (QED) is 0.205. The molecule has 8 aromatic rings. The van der Waals surface area contributed by atoms with Crippen LogP contribution in [0.3, 0.4) is 0 Å². The third kappa shape index (κ3) is 3.93. The van der Waals surface area contributed by atoms with Crippen LogP contribution in [0.2, 0.25) is 0 Å². The number of furan rings is 2. The van der Waals surface area contributed by atoms with E-state index in [0.29, 0.717) is 11.4 Å². The van der Waals surface area contributed by atoms with Gasteiger partial charge >= 0.3 is 0 Å². The van der Waals surface area contributed by atoms with E-state index in [9.17, 15) is 0 Å². The van der Waals surface area contributed by atoms with Gasteiger partial charge in [0, 0.05) is 27.3 Å². The SMILES string of the molecule is C1=Cc2cc(-c3nc(-c4cc(-c5ccc6c(c5)C=CCC6)c5c(c4)oc4ccccc45)nc4c3oc3ccccc34)ccc2CC1. The molecule has 3 aromatic heterocycles. The van der Waals surface area contributed by atoms with Crippen molar-refractivity contribution in [2.75, 3.05) is 0 Å². The fourth-order valence-corrected chi connectivity index (χ4v) is 7.30. The van der Waals surface area contributed by atoms with Crippen molar-refractivity contribution in [3.63, 3.8) is 0 Å². The lowest BCUT2D eigenvalue weighted by Crippen LogP contribution is -1.98. The minimum atomic E-state index is 0.642. The number of nitrogens with zero attached hydrogens (tertiary/aromatic N) is 2. The maximum absolute atomic E-state index is 6.51. The van der Waals surface area contributed by atoms with Gasteiger partial charge in [-0.2, -0.15) is 0 Å². The largest absolute Gasteiger partial charge is 0.456 e. The third-order valence-electron chi connectivity index (χ3n) is 9.59. The summed E-state index contributed by atoms with van der Waals surface area (Å²) < 4.78 is 13.0. The van der Waals surface area contributed by atoms with Crippen LogP contribution in [0.15, 0.2) is 118 Å². The summed E-state index contributed by atoms with van der Waals surface area (Å²) in [6.07, 6.45) is 13.3. The summed E-state index contributed by atoms with van der Waals surface area (Å²) in [6, 6.07) is 34.2. The Morgan fingerprint density at radius 1 is 0.543 bits per heavy atom. The average Bonchev–Trinajstić information content (AvgIpc) is 3.69. The topological polar surface area (TPSA) is 52.1 Å². The van der Waals surface area contributed by atoms with Gasteiger partial charge in [0.25, 0.3) is 0 Å².